The number of rotatable bonds is 7. The highest BCUT2D eigenvalue weighted by Gasteiger charge is 2.47. The summed E-state index contributed by atoms with van der Waals surface area (Å²) in [6.07, 6.45) is -0.187. The Balaban J connectivity index is 1.75. The summed E-state index contributed by atoms with van der Waals surface area (Å²) in [5.74, 6) is -0.683. The average Bonchev–Trinajstić information content (AvgIpc) is 2.94. The Bertz CT molecular complexity index is 928. The summed E-state index contributed by atoms with van der Waals surface area (Å²) < 4.78 is 18.6. The highest BCUT2D eigenvalue weighted by molar-refractivity contribution is 6.22. The third kappa shape index (κ3) is 4.42. The summed E-state index contributed by atoms with van der Waals surface area (Å²) in [6, 6.07) is 10.2. The van der Waals surface area contributed by atoms with Crippen LogP contribution in [0.15, 0.2) is 48.5 Å². The molecule has 8 heteroatoms. The average molecular weight is 413 g/mol. The number of amides is 4. The number of imide groups is 1. The zero-order valence-electron chi connectivity index (χ0n) is 17.1. The number of urea groups is 1. The first-order chi connectivity index (χ1) is 14.3. The Morgan fingerprint density at radius 3 is 2.30 bits per heavy atom. The molecule has 0 aromatic heterocycles. The van der Waals surface area contributed by atoms with Crippen LogP contribution in [0, 0.1) is 5.82 Å². The zero-order valence-corrected chi connectivity index (χ0v) is 17.1. The van der Waals surface area contributed by atoms with E-state index in [9.17, 15) is 18.8 Å². The second-order valence-corrected chi connectivity index (χ2v) is 7.16. The Morgan fingerprint density at radius 2 is 1.73 bits per heavy atom. The van der Waals surface area contributed by atoms with Crippen molar-refractivity contribution in [1.29, 1.82) is 0 Å². The molecule has 0 spiro atoms. The first-order valence-corrected chi connectivity index (χ1v) is 9.76. The van der Waals surface area contributed by atoms with Gasteiger partial charge in [-0.05, 0) is 69.3 Å². The molecule has 1 fully saturated rings. The molecule has 1 aliphatic rings. The van der Waals surface area contributed by atoms with Gasteiger partial charge in [0.2, 0.25) is 5.91 Å². The molecule has 0 aliphatic carbocycles. The van der Waals surface area contributed by atoms with Crippen LogP contribution in [0.5, 0.6) is 5.75 Å². The monoisotopic (exact) mass is 413 g/mol. The van der Waals surface area contributed by atoms with E-state index in [1.807, 2.05) is 6.92 Å². The van der Waals surface area contributed by atoms with Gasteiger partial charge < -0.3 is 15.0 Å². The lowest BCUT2D eigenvalue weighted by atomic mass is 10.1. The molecular weight excluding hydrogens is 389 g/mol. The van der Waals surface area contributed by atoms with Gasteiger partial charge in [0, 0.05) is 11.7 Å². The fourth-order valence-corrected chi connectivity index (χ4v) is 3.39. The number of nitrogens with one attached hydrogen (secondary N) is 1. The van der Waals surface area contributed by atoms with E-state index < -0.39 is 29.7 Å². The molecule has 0 saturated carbocycles. The number of hydrogen-bond acceptors (Lipinski definition) is 4. The van der Waals surface area contributed by atoms with Crippen molar-refractivity contribution in [2.75, 3.05) is 16.8 Å². The van der Waals surface area contributed by atoms with Crippen LogP contribution in [0.2, 0.25) is 0 Å². The second-order valence-electron chi connectivity index (χ2n) is 7.16. The van der Waals surface area contributed by atoms with Gasteiger partial charge in [0.1, 0.15) is 17.6 Å². The highest BCUT2D eigenvalue weighted by atomic mass is 19.1. The lowest BCUT2D eigenvalue weighted by Gasteiger charge is -2.25. The maximum Gasteiger partial charge on any atom is 0.332 e. The van der Waals surface area contributed by atoms with Crippen molar-refractivity contribution in [1.82, 2.24) is 4.90 Å². The smallest absolute Gasteiger partial charge is 0.332 e. The van der Waals surface area contributed by atoms with Crippen LogP contribution < -0.4 is 15.0 Å². The van der Waals surface area contributed by atoms with Crippen molar-refractivity contribution < 1.29 is 23.5 Å². The van der Waals surface area contributed by atoms with Crippen LogP contribution in [0.4, 0.5) is 20.6 Å². The summed E-state index contributed by atoms with van der Waals surface area (Å²) in [5.41, 5.74) is 0.832. The standard InChI is InChI=1S/C22H24FN3O4/c1-4-30-18-11-7-16(8-12-18)24-20(27)13-19-21(28)26(22(29)25(19)14(2)3)17-9-5-15(23)6-10-17/h5-12,14,19H,4,13H2,1-3H3,(H,24,27)/t19-/m1/s1. The lowest BCUT2D eigenvalue weighted by molar-refractivity contribution is -0.124. The first kappa shape index (κ1) is 21.3. The van der Waals surface area contributed by atoms with Crippen LogP contribution in [0.3, 0.4) is 0 Å². The predicted octanol–water partition coefficient (Wildman–Crippen LogP) is 3.80. The first-order valence-electron chi connectivity index (χ1n) is 9.76. The van der Waals surface area contributed by atoms with E-state index in [0.717, 1.165) is 4.90 Å². The van der Waals surface area contributed by atoms with Crippen LogP contribution in [-0.2, 0) is 9.59 Å². The van der Waals surface area contributed by atoms with E-state index in [4.69, 9.17) is 4.74 Å². The third-order valence-electron chi connectivity index (χ3n) is 4.72. The summed E-state index contributed by atoms with van der Waals surface area (Å²) in [5, 5.41) is 2.74. The van der Waals surface area contributed by atoms with Gasteiger partial charge in [0.15, 0.2) is 0 Å². The van der Waals surface area contributed by atoms with Crippen molar-refractivity contribution in [3.05, 3.63) is 54.3 Å². The number of halogens is 1. The maximum atomic E-state index is 13.2. The maximum absolute atomic E-state index is 13.2. The van der Waals surface area contributed by atoms with Gasteiger partial charge in [0.25, 0.3) is 5.91 Å². The molecule has 1 N–H and O–H groups in total. The molecule has 0 unspecified atom stereocenters. The Morgan fingerprint density at radius 1 is 1.10 bits per heavy atom. The van der Waals surface area contributed by atoms with Gasteiger partial charge in [-0.1, -0.05) is 0 Å². The van der Waals surface area contributed by atoms with Gasteiger partial charge in [-0.2, -0.15) is 0 Å². The number of benzene rings is 2. The van der Waals surface area contributed by atoms with E-state index in [1.165, 1.54) is 29.2 Å². The van der Waals surface area contributed by atoms with Gasteiger partial charge in [-0.25, -0.2) is 14.1 Å². The molecule has 30 heavy (non-hydrogen) atoms. The minimum atomic E-state index is -0.940. The Labute approximate surface area is 174 Å². The molecule has 0 bridgehead atoms. The predicted molar refractivity (Wildman–Crippen MR) is 111 cm³/mol. The van der Waals surface area contributed by atoms with Crippen molar-refractivity contribution in [2.45, 2.75) is 39.3 Å². The van der Waals surface area contributed by atoms with Crippen LogP contribution in [-0.4, -0.2) is 41.4 Å². The molecule has 1 heterocycles. The minimum Gasteiger partial charge on any atom is -0.494 e. The fourth-order valence-electron chi connectivity index (χ4n) is 3.39. The van der Waals surface area contributed by atoms with Gasteiger partial charge in [-0.15, -0.1) is 0 Å². The van der Waals surface area contributed by atoms with Crippen molar-refractivity contribution >= 4 is 29.2 Å². The SMILES string of the molecule is CCOc1ccc(NC(=O)C[C@@H]2C(=O)N(c3ccc(F)cc3)C(=O)N2C(C)C)cc1. The van der Waals surface area contributed by atoms with Crippen LogP contribution >= 0.6 is 0 Å². The number of anilines is 2. The number of carbonyl (C=O) groups excluding carboxylic acids is 3. The van der Waals surface area contributed by atoms with Gasteiger partial charge in [0.05, 0.1) is 18.7 Å². The largest absolute Gasteiger partial charge is 0.494 e. The molecule has 1 atom stereocenters. The van der Waals surface area contributed by atoms with E-state index in [-0.39, 0.29) is 18.2 Å². The Hall–Kier alpha value is -3.42. The van der Waals surface area contributed by atoms with E-state index in [2.05, 4.69) is 5.32 Å². The van der Waals surface area contributed by atoms with Crippen molar-refractivity contribution in [3.8, 4) is 5.75 Å². The number of ether oxygens (including phenoxy) is 1. The summed E-state index contributed by atoms with van der Waals surface area (Å²) in [6.45, 7) is 5.97. The normalized spacial score (nSPS) is 16.4. The van der Waals surface area contributed by atoms with Crippen LogP contribution in [0.1, 0.15) is 27.2 Å². The highest BCUT2D eigenvalue weighted by Crippen LogP contribution is 2.29. The van der Waals surface area contributed by atoms with E-state index >= 15 is 0 Å². The fraction of sp³-hybridized carbons (Fsp3) is 0.318. The molecule has 7 nitrogen and oxygen atoms in total. The van der Waals surface area contributed by atoms with Crippen molar-refractivity contribution in [2.24, 2.45) is 0 Å². The molecular formula is C22H24FN3O4. The molecule has 1 saturated heterocycles. The molecule has 2 aromatic carbocycles. The zero-order chi connectivity index (χ0) is 21.8. The molecule has 158 valence electrons. The number of carbonyl (C=O) groups is 3. The van der Waals surface area contributed by atoms with Crippen LogP contribution in [0.25, 0.3) is 0 Å². The molecule has 3 rings (SSSR count). The molecule has 4 amide bonds. The van der Waals surface area contributed by atoms with E-state index in [1.54, 1.807) is 38.1 Å². The summed E-state index contributed by atoms with van der Waals surface area (Å²) in [4.78, 5) is 40.8. The van der Waals surface area contributed by atoms with Crippen molar-refractivity contribution in [3.63, 3.8) is 0 Å². The van der Waals surface area contributed by atoms with Gasteiger partial charge in [-0.3, -0.25) is 9.59 Å². The minimum absolute atomic E-state index is 0.187. The summed E-state index contributed by atoms with van der Waals surface area (Å²) in [7, 11) is 0. The molecule has 2 aromatic rings. The molecule has 1 aliphatic heterocycles. The Kier molecular flexibility index (Phi) is 6.34. The summed E-state index contributed by atoms with van der Waals surface area (Å²) >= 11 is 0. The number of nitrogens with zero attached hydrogens (tertiary/aromatic N) is 2. The van der Waals surface area contributed by atoms with E-state index in [0.29, 0.717) is 18.0 Å². The second kappa shape index (κ2) is 8.94. The lowest BCUT2D eigenvalue weighted by Crippen LogP contribution is -2.42. The number of hydrogen-bond donors (Lipinski definition) is 1. The third-order valence-corrected chi connectivity index (χ3v) is 4.72. The topological polar surface area (TPSA) is 79.0 Å². The quantitative estimate of drug-likeness (QED) is 0.701. The molecule has 0 radical (unpaired) electrons. The van der Waals surface area contributed by atoms with Gasteiger partial charge >= 0.3 is 6.03 Å².